The van der Waals surface area contributed by atoms with Crippen LogP contribution >= 0.6 is 0 Å². The van der Waals surface area contributed by atoms with Crippen molar-refractivity contribution in [2.75, 3.05) is 14.1 Å². The standard InChI is InChI=1S/C5H11N3/c1-4(7-2)5(6)8-3/h7H,1H2,2-3H3,(H2,6,8). The summed E-state index contributed by atoms with van der Waals surface area (Å²) < 4.78 is 0. The Kier molecular flexibility index (Phi) is 2.69. The minimum absolute atomic E-state index is 0.451. The van der Waals surface area contributed by atoms with E-state index < -0.39 is 0 Å². The Hall–Kier alpha value is -0.990. The maximum atomic E-state index is 5.31. The summed E-state index contributed by atoms with van der Waals surface area (Å²) >= 11 is 0. The minimum atomic E-state index is 0.451. The molecule has 3 heteroatoms. The number of nitrogens with zero attached hydrogens (tertiary/aromatic N) is 1. The third kappa shape index (κ3) is 1.64. The summed E-state index contributed by atoms with van der Waals surface area (Å²) in [5.74, 6) is 0.451. The molecule has 0 radical (unpaired) electrons. The minimum Gasteiger partial charge on any atom is -0.386 e. The van der Waals surface area contributed by atoms with Crippen LogP contribution in [0, 0.1) is 0 Å². The number of nitrogens with one attached hydrogen (secondary N) is 1. The van der Waals surface area contributed by atoms with Gasteiger partial charge in [-0.3, -0.25) is 4.99 Å². The van der Waals surface area contributed by atoms with Crippen LogP contribution in [0.15, 0.2) is 17.3 Å². The van der Waals surface area contributed by atoms with E-state index in [1.165, 1.54) is 0 Å². The van der Waals surface area contributed by atoms with Gasteiger partial charge in [-0.15, -0.1) is 0 Å². The molecule has 0 aliphatic carbocycles. The fourth-order valence-corrected chi connectivity index (χ4v) is 0.263. The quantitative estimate of drug-likeness (QED) is 0.382. The molecule has 0 aromatic rings. The van der Waals surface area contributed by atoms with Crippen molar-refractivity contribution in [3.8, 4) is 0 Å². The van der Waals surface area contributed by atoms with Crippen LogP contribution in [0.25, 0.3) is 0 Å². The van der Waals surface area contributed by atoms with Gasteiger partial charge >= 0.3 is 0 Å². The maximum Gasteiger partial charge on any atom is 0.141 e. The van der Waals surface area contributed by atoms with Crippen LogP contribution in [-0.2, 0) is 0 Å². The van der Waals surface area contributed by atoms with Crippen molar-refractivity contribution in [1.29, 1.82) is 0 Å². The van der Waals surface area contributed by atoms with Crippen LogP contribution in [0.3, 0.4) is 0 Å². The monoisotopic (exact) mass is 113 g/mol. The van der Waals surface area contributed by atoms with Crippen LogP contribution in [0.2, 0.25) is 0 Å². The highest BCUT2D eigenvalue weighted by Gasteiger charge is 1.90. The molecule has 0 saturated heterocycles. The summed E-state index contributed by atoms with van der Waals surface area (Å²) in [6, 6.07) is 0. The molecule has 0 aliphatic rings. The Labute approximate surface area is 49.3 Å². The van der Waals surface area contributed by atoms with E-state index in [-0.39, 0.29) is 0 Å². The highest BCUT2D eigenvalue weighted by molar-refractivity contribution is 5.95. The molecule has 3 nitrogen and oxygen atoms in total. The summed E-state index contributed by atoms with van der Waals surface area (Å²) in [7, 11) is 3.37. The van der Waals surface area contributed by atoms with Gasteiger partial charge in [0.15, 0.2) is 0 Å². The molecule has 0 saturated carbocycles. The zero-order valence-corrected chi connectivity index (χ0v) is 5.23. The molecule has 0 heterocycles. The van der Waals surface area contributed by atoms with E-state index >= 15 is 0 Å². The first-order valence-corrected chi connectivity index (χ1v) is 2.31. The number of hydrogen-bond acceptors (Lipinski definition) is 2. The van der Waals surface area contributed by atoms with Crippen molar-refractivity contribution in [1.82, 2.24) is 5.32 Å². The first-order chi connectivity index (χ1) is 3.72. The van der Waals surface area contributed by atoms with Gasteiger partial charge in [-0.1, -0.05) is 6.58 Å². The molecular weight excluding hydrogens is 102 g/mol. The Balaban J connectivity index is 3.83. The van der Waals surface area contributed by atoms with Crippen molar-refractivity contribution < 1.29 is 0 Å². The van der Waals surface area contributed by atoms with Crippen LogP contribution < -0.4 is 11.1 Å². The van der Waals surface area contributed by atoms with Gasteiger partial charge in [-0.2, -0.15) is 0 Å². The topological polar surface area (TPSA) is 50.4 Å². The van der Waals surface area contributed by atoms with Crippen LogP contribution in [0.5, 0.6) is 0 Å². The highest BCUT2D eigenvalue weighted by Crippen LogP contribution is 1.78. The van der Waals surface area contributed by atoms with Gasteiger partial charge in [0.2, 0.25) is 0 Å². The molecule has 0 bridgehead atoms. The summed E-state index contributed by atoms with van der Waals surface area (Å²) in [6.07, 6.45) is 0. The van der Waals surface area contributed by atoms with E-state index in [1.54, 1.807) is 14.1 Å². The fourth-order valence-electron chi connectivity index (χ4n) is 0.263. The predicted octanol–water partition coefficient (Wildman–Crippen LogP) is -0.294. The first kappa shape index (κ1) is 7.01. The second kappa shape index (κ2) is 3.07. The third-order valence-corrected chi connectivity index (χ3v) is 0.852. The number of likely N-dealkylation sites (N-methyl/N-ethyl adjacent to an activating group) is 1. The van der Waals surface area contributed by atoms with Crippen molar-refractivity contribution in [2.24, 2.45) is 10.7 Å². The van der Waals surface area contributed by atoms with E-state index in [9.17, 15) is 0 Å². The second-order valence-corrected chi connectivity index (χ2v) is 1.34. The Morgan fingerprint density at radius 2 is 2.25 bits per heavy atom. The molecule has 0 rings (SSSR count). The summed E-state index contributed by atoms with van der Waals surface area (Å²) in [6.45, 7) is 3.58. The normalized spacial score (nSPS) is 11.0. The lowest BCUT2D eigenvalue weighted by molar-refractivity contribution is 1.05. The Morgan fingerprint density at radius 3 is 2.38 bits per heavy atom. The van der Waals surface area contributed by atoms with Crippen molar-refractivity contribution in [3.05, 3.63) is 12.3 Å². The molecule has 0 unspecified atom stereocenters. The largest absolute Gasteiger partial charge is 0.386 e. The lowest BCUT2D eigenvalue weighted by atomic mass is 10.4. The van der Waals surface area contributed by atoms with Gasteiger partial charge in [0.1, 0.15) is 5.84 Å². The average Bonchev–Trinajstić information content (AvgIpc) is 1.84. The van der Waals surface area contributed by atoms with Gasteiger partial charge < -0.3 is 11.1 Å². The SMILES string of the molecule is C=C(NC)C(N)=NC. The van der Waals surface area contributed by atoms with Crippen molar-refractivity contribution in [2.45, 2.75) is 0 Å². The van der Waals surface area contributed by atoms with E-state index in [0.29, 0.717) is 11.5 Å². The number of amidine groups is 1. The fraction of sp³-hybridized carbons (Fsp3) is 0.400. The lowest BCUT2D eigenvalue weighted by Gasteiger charge is -1.99. The van der Waals surface area contributed by atoms with Crippen molar-refractivity contribution >= 4 is 5.84 Å². The molecule has 0 fully saturated rings. The van der Waals surface area contributed by atoms with E-state index in [1.807, 2.05) is 0 Å². The van der Waals surface area contributed by atoms with Gasteiger partial charge in [0.25, 0.3) is 0 Å². The number of hydrogen-bond donors (Lipinski definition) is 2. The highest BCUT2D eigenvalue weighted by atomic mass is 14.9. The average molecular weight is 113 g/mol. The zero-order valence-electron chi connectivity index (χ0n) is 5.23. The third-order valence-electron chi connectivity index (χ3n) is 0.852. The van der Waals surface area contributed by atoms with E-state index in [2.05, 4.69) is 16.9 Å². The molecule has 0 spiro atoms. The summed E-state index contributed by atoms with van der Waals surface area (Å²) in [5.41, 5.74) is 5.97. The maximum absolute atomic E-state index is 5.31. The molecule has 0 amide bonds. The van der Waals surface area contributed by atoms with E-state index in [0.717, 1.165) is 0 Å². The van der Waals surface area contributed by atoms with Crippen LogP contribution in [-0.4, -0.2) is 19.9 Å². The van der Waals surface area contributed by atoms with Gasteiger partial charge in [0, 0.05) is 14.1 Å². The van der Waals surface area contributed by atoms with Crippen LogP contribution in [0.4, 0.5) is 0 Å². The molecule has 8 heavy (non-hydrogen) atoms. The first-order valence-electron chi connectivity index (χ1n) is 2.31. The summed E-state index contributed by atoms with van der Waals surface area (Å²) in [5, 5.41) is 2.77. The van der Waals surface area contributed by atoms with Gasteiger partial charge in [0.05, 0.1) is 5.70 Å². The second-order valence-electron chi connectivity index (χ2n) is 1.34. The molecule has 3 N–H and O–H groups in total. The molecular formula is C5H11N3. The van der Waals surface area contributed by atoms with Crippen molar-refractivity contribution in [3.63, 3.8) is 0 Å². The van der Waals surface area contributed by atoms with Gasteiger partial charge in [-0.25, -0.2) is 0 Å². The number of nitrogens with two attached hydrogens (primary N) is 1. The number of aliphatic imine (C=N–C) groups is 1. The van der Waals surface area contributed by atoms with Crippen LogP contribution in [0.1, 0.15) is 0 Å². The smallest absolute Gasteiger partial charge is 0.141 e. The molecule has 0 atom stereocenters. The Bertz CT molecular complexity index is 115. The molecule has 46 valence electrons. The van der Waals surface area contributed by atoms with E-state index in [4.69, 9.17) is 5.73 Å². The molecule has 0 aromatic heterocycles. The van der Waals surface area contributed by atoms with Gasteiger partial charge in [-0.05, 0) is 0 Å². The molecule has 0 aromatic carbocycles. The lowest BCUT2D eigenvalue weighted by Crippen LogP contribution is -2.22. The molecule has 0 aliphatic heterocycles. The number of rotatable bonds is 2. The zero-order chi connectivity index (χ0) is 6.57. The Morgan fingerprint density at radius 1 is 1.75 bits per heavy atom. The predicted molar refractivity (Wildman–Crippen MR) is 35.7 cm³/mol. The summed E-state index contributed by atoms with van der Waals surface area (Å²) in [4.78, 5) is 3.69.